The number of allylic oxidation sites excluding steroid dienone is 2. The average molecular weight is 747 g/mol. The van der Waals surface area contributed by atoms with E-state index in [4.69, 9.17) is 14.2 Å². The van der Waals surface area contributed by atoms with Gasteiger partial charge in [0.15, 0.2) is 36.3 Å². The summed E-state index contributed by atoms with van der Waals surface area (Å²) in [4.78, 5) is 0. The van der Waals surface area contributed by atoms with Crippen LogP contribution in [0.1, 0.15) is 116 Å². The van der Waals surface area contributed by atoms with Crippen LogP contribution >= 0.6 is 0 Å². The normalized spacial score (nSPS) is 21.4. The molecule has 0 amide bonds. The second-order valence-corrected chi connectivity index (χ2v) is 14.9. The molecule has 0 heterocycles. The minimum Gasteiger partial charge on any atom is -0.490 e. The van der Waals surface area contributed by atoms with E-state index in [0.29, 0.717) is 31.1 Å². The van der Waals surface area contributed by atoms with Gasteiger partial charge in [-0.1, -0.05) is 64.2 Å². The van der Waals surface area contributed by atoms with E-state index in [1.807, 2.05) is 6.92 Å². The monoisotopic (exact) mass is 746 g/mol. The molecule has 2 aliphatic carbocycles. The van der Waals surface area contributed by atoms with Gasteiger partial charge in [0.05, 0.1) is 6.61 Å². The van der Waals surface area contributed by atoms with Gasteiger partial charge < -0.3 is 14.2 Å². The van der Waals surface area contributed by atoms with E-state index in [-0.39, 0.29) is 12.5 Å². The highest BCUT2D eigenvalue weighted by Crippen LogP contribution is 2.39. The maximum atomic E-state index is 14.9. The SMILES string of the molecule is CCCCCC1CCC(/C=C/C2CCC(CC(F)(F)COc3ccc(CC(F)(F)COc4ccc(OCCCC)c(F)c4F)c(F)c3F)CC2)CC1. The van der Waals surface area contributed by atoms with E-state index >= 15 is 0 Å². The van der Waals surface area contributed by atoms with E-state index < -0.39 is 84.0 Å². The minimum atomic E-state index is -3.83. The number of halogens is 8. The molecule has 0 spiro atoms. The van der Waals surface area contributed by atoms with Gasteiger partial charge in [-0.2, -0.15) is 13.2 Å². The zero-order chi connectivity index (χ0) is 37.7. The summed E-state index contributed by atoms with van der Waals surface area (Å²) < 4.78 is 132. The van der Waals surface area contributed by atoms with Gasteiger partial charge in [0.2, 0.25) is 17.5 Å². The zero-order valence-corrected chi connectivity index (χ0v) is 30.5. The van der Waals surface area contributed by atoms with Crippen LogP contribution in [0.2, 0.25) is 0 Å². The van der Waals surface area contributed by atoms with Crippen LogP contribution in [0.3, 0.4) is 0 Å². The van der Waals surface area contributed by atoms with Crippen LogP contribution in [-0.2, 0) is 6.42 Å². The average Bonchev–Trinajstić information content (AvgIpc) is 3.11. The van der Waals surface area contributed by atoms with E-state index in [0.717, 1.165) is 49.4 Å². The molecule has 3 nitrogen and oxygen atoms in total. The molecule has 4 rings (SSSR count). The summed E-state index contributed by atoms with van der Waals surface area (Å²) in [5, 5.41) is 0. The van der Waals surface area contributed by atoms with Crippen molar-refractivity contribution in [3.8, 4) is 17.2 Å². The fourth-order valence-electron chi connectivity index (χ4n) is 7.31. The summed E-state index contributed by atoms with van der Waals surface area (Å²) in [5.74, 6) is -13.8. The molecule has 0 bridgehead atoms. The van der Waals surface area contributed by atoms with Crippen molar-refractivity contribution in [1.82, 2.24) is 0 Å². The molecule has 0 unspecified atom stereocenters. The lowest BCUT2D eigenvalue weighted by molar-refractivity contribution is -0.0644. The molecule has 2 aromatic rings. The fourth-order valence-corrected chi connectivity index (χ4v) is 7.31. The number of hydrogen-bond donors (Lipinski definition) is 0. The van der Waals surface area contributed by atoms with Gasteiger partial charge >= 0.3 is 0 Å². The van der Waals surface area contributed by atoms with Crippen molar-refractivity contribution in [1.29, 1.82) is 0 Å². The second-order valence-electron chi connectivity index (χ2n) is 14.9. The summed E-state index contributed by atoms with van der Waals surface area (Å²) in [6.45, 7) is 1.60. The first kappa shape index (κ1) is 41.8. The Balaban J connectivity index is 1.20. The highest BCUT2D eigenvalue weighted by Gasteiger charge is 2.37. The molecule has 0 saturated heterocycles. The summed E-state index contributed by atoms with van der Waals surface area (Å²) >= 11 is 0. The van der Waals surface area contributed by atoms with Crippen molar-refractivity contribution in [2.75, 3.05) is 19.8 Å². The Bertz CT molecular complexity index is 1420. The molecule has 0 N–H and O–H groups in total. The molecule has 2 aliphatic rings. The van der Waals surface area contributed by atoms with Crippen LogP contribution in [0.15, 0.2) is 36.4 Å². The van der Waals surface area contributed by atoms with Crippen molar-refractivity contribution in [3.05, 3.63) is 65.2 Å². The molecule has 2 fully saturated rings. The maximum Gasteiger partial charge on any atom is 0.285 e. The molecule has 11 heteroatoms. The largest absolute Gasteiger partial charge is 0.490 e. The standard InChI is InChI=1S/C41H54F8O3/c1-3-5-7-8-28-9-11-29(12-10-28)13-14-30-15-17-31(18-16-30)24-40(46,47)26-51-34-20-19-32(36(42)37(34)43)25-41(48,49)27-52-35-22-21-33(38(44)39(35)45)50-23-6-4-2/h13-14,19-22,28-31H,3-12,15-18,23-27H2,1-2H3/b14-13+. The van der Waals surface area contributed by atoms with Crippen LogP contribution in [0, 0.1) is 46.9 Å². The maximum absolute atomic E-state index is 14.9. The molecule has 2 aromatic carbocycles. The number of benzene rings is 2. The smallest absolute Gasteiger partial charge is 0.285 e. The third kappa shape index (κ3) is 12.9. The van der Waals surface area contributed by atoms with Crippen molar-refractivity contribution < 1.29 is 49.3 Å². The van der Waals surface area contributed by atoms with Gasteiger partial charge in [-0.3, -0.25) is 0 Å². The lowest BCUT2D eigenvalue weighted by atomic mass is 9.77. The molecule has 0 atom stereocenters. The van der Waals surface area contributed by atoms with Gasteiger partial charge in [0, 0.05) is 12.8 Å². The minimum absolute atomic E-state index is 0.137. The first-order valence-corrected chi connectivity index (χ1v) is 19.1. The predicted molar refractivity (Wildman–Crippen MR) is 187 cm³/mol. The Kier molecular flexibility index (Phi) is 16.0. The lowest BCUT2D eigenvalue weighted by Crippen LogP contribution is -2.30. The van der Waals surface area contributed by atoms with Crippen molar-refractivity contribution in [3.63, 3.8) is 0 Å². The molecular weight excluding hydrogens is 692 g/mol. The fraction of sp³-hybridized carbons (Fsp3) is 0.659. The molecule has 52 heavy (non-hydrogen) atoms. The lowest BCUT2D eigenvalue weighted by Gasteiger charge is -2.30. The van der Waals surface area contributed by atoms with Gasteiger partial charge in [0.1, 0.15) is 0 Å². The highest BCUT2D eigenvalue weighted by molar-refractivity contribution is 5.35. The molecular formula is C41H54F8O3. The Hall–Kier alpha value is -2.98. The third-order valence-corrected chi connectivity index (χ3v) is 10.5. The van der Waals surface area contributed by atoms with Gasteiger partial charge in [-0.25, -0.2) is 22.0 Å². The van der Waals surface area contributed by atoms with E-state index in [9.17, 15) is 35.1 Å². The molecule has 0 radical (unpaired) electrons. The quantitative estimate of drug-likeness (QED) is 0.0767. The number of unbranched alkanes of at least 4 members (excludes halogenated alkanes) is 3. The topological polar surface area (TPSA) is 27.7 Å². The van der Waals surface area contributed by atoms with Gasteiger partial charge in [-0.15, -0.1) is 0 Å². The van der Waals surface area contributed by atoms with Gasteiger partial charge in [-0.05, 0) is 105 Å². The van der Waals surface area contributed by atoms with Crippen LogP contribution in [0.4, 0.5) is 35.1 Å². The van der Waals surface area contributed by atoms with E-state index in [1.165, 1.54) is 51.4 Å². The first-order chi connectivity index (χ1) is 24.8. The zero-order valence-electron chi connectivity index (χ0n) is 30.5. The molecule has 0 aliphatic heterocycles. The van der Waals surface area contributed by atoms with Crippen LogP contribution < -0.4 is 14.2 Å². The van der Waals surface area contributed by atoms with Crippen LogP contribution in [-0.4, -0.2) is 31.7 Å². The van der Waals surface area contributed by atoms with Gasteiger partial charge in [0.25, 0.3) is 11.8 Å². The van der Waals surface area contributed by atoms with Crippen molar-refractivity contribution in [2.24, 2.45) is 23.7 Å². The predicted octanol–water partition coefficient (Wildman–Crippen LogP) is 12.8. The van der Waals surface area contributed by atoms with Crippen molar-refractivity contribution in [2.45, 2.75) is 128 Å². The Morgan fingerprint density at radius 3 is 1.62 bits per heavy atom. The number of hydrogen-bond acceptors (Lipinski definition) is 3. The molecule has 292 valence electrons. The highest BCUT2D eigenvalue weighted by atomic mass is 19.3. The Morgan fingerprint density at radius 2 is 1.06 bits per heavy atom. The number of rotatable bonds is 20. The van der Waals surface area contributed by atoms with Crippen molar-refractivity contribution >= 4 is 0 Å². The van der Waals surface area contributed by atoms with E-state index in [1.54, 1.807) is 0 Å². The Morgan fingerprint density at radius 1 is 0.577 bits per heavy atom. The summed E-state index contributed by atoms with van der Waals surface area (Å²) in [6.07, 6.45) is 17.4. The second kappa shape index (κ2) is 19.9. The Labute approximate surface area is 303 Å². The third-order valence-electron chi connectivity index (χ3n) is 10.5. The summed E-state index contributed by atoms with van der Waals surface area (Å²) in [5.41, 5.74) is -0.766. The summed E-state index contributed by atoms with van der Waals surface area (Å²) in [6, 6.07) is 3.62. The van der Waals surface area contributed by atoms with Crippen LogP contribution in [0.25, 0.3) is 0 Å². The number of alkyl halides is 4. The number of ether oxygens (including phenoxy) is 3. The van der Waals surface area contributed by atoms with E-state index in [2.05, 4.69) is 19.1 Å². The summed E-state index contributed by atoms with van der Waals surface area (Å²) in [7, 11) is 0. The molecule has 2 saturated carbocycles. The van der Waals surface area contributed by atoms with Crippen LogP contribution in [0.5, 0.6) is 17.2 Å². The molecule has 0 aromatic heterocycles. The first-order valence-electron chi connectivity index (χ1n) is 19.1.